The third-order valence-electron chi connectivity index (χ3n) is 10.8. The fourth-order valence-corrected chi connectivity index (χ4v) is 8.83. The van der Waals surface area contributed by atoms with Gasteiger partial charge in [0.25, 0.3) is 0 Å². The van der Waals surface area contributed by atoms with Gasteiger partial charge < -0.3 is 28.8 Å². The SMILES string of the molecule is CC=C1[C@@H](COCc2ccccc2)OC(O)(c2cc(Cc3cc4ccccc4s3)c(C)cc2OCc2ccccc2)[C@H](OCc2ccccc2)[C@H]1OCc1ccccc1. The maximum atomic E-state index is 13.6. The van der Waals surface area contributed by atoms with Gasteiger partial charge in [-0.1, -0.05) is 146 Å². The van der Waals surface area contributed by atoms with Gasteiger partial charge in [0.05, 0.1) is 32.0 Å². The van der Waals surface area contributed by atoms with Crippen LogP contribution in [-0.2, 0) is 57.6 Å². The normalized spacial score (nSPS) is 19.9. The van der Waals surface area contributed by atoms with Gasteiger partial charge in [-0.2, -0.15) is 0 Å². The van der Waals surface area contributed by atoms with Crippen molar-refractivity contribution in [1.29, 1.82) is 0 Å². The molecule has 0 bridgehead atoms. The maximum Gasteiger partial charge on any atom is 0.226 e. The van der Waals surface area contributed by atoms with E-state index in [1.807, 2.05) is 140 Å². The maximum absolute atomic E-state index is 13.6. The molecule has 6 aromatic carbocycles. The van der Waals surface area contributed by atoms with Gasteiger partial charge in [0, 0.05) is 16.0 Å². The largest absolute Gasteiger partial charge is 0.488 e. The number of ether oxygens (including phenoxy) is 5. The lowest BCUT2D eigenvalue weighted by atomic mass is 9.84. The van der Waals surface area contributed by atoms with E-state index in [1.54, 1.807) is 11.3 Å². The van der Waals surface area contributed by atoms with Gasteiger partial charge >= 0.3 is 0 Å². The number of hydrogen-bond acceptors (Lipinski definition) is 7. The van der Waals surface area contributed by atoms with Gasteiger partial charge in [0.1, 0.15) is 30.7 Å². The zero-order chi connectivity index (χ0) is 40.4. The zero-order valence-corrected chi connectivity index (χ0v) is 34.4. The highest BCUT2D eigenvalue weighted by molar-refractivity contribution is 7.19. The van der Waals surface area contributed by atoms with Crippen molar-refractivity contribution in [3.8, 4) is 5.75 Å². The van der Waals surface area contributed by atoms with Crippen molar-refractivity contribution in [2.24, 2.45) is 0 Å². The summed E-state index contributed by atoms with van der Waals surface area (Å²) in [5.74, 6) is -1.53. The smallest absolute Gasteiger partial charge is 0.226 e. The molecule has 7 heteroatoms. The monoisotopic (exact) mass is 802 g/mol. The highest BCUT2D eigenvalue weighted by Crippen LogP contribution is 2.46. The molecule has 1 fully saturated rings. The van der Waals surface area contributed by atoms with Crippen molar-refractivity contribution in [3.63, 3.8) is 0 Å². The van der Waals surface area contributed by atoms with Crippen molar-refractivity contribution in [3.05, 3.63) is 219 Å². The van der Waals surface area contributed by atoms with E-state index in [1.165, 1.54) is 15.0 Å². The van der Waals surface area contributed by atoms with Crippen LogP contribution in [0, 0.1) is 6.92 Å². The van der Waals surface area contributed by atoms with E-state index in [0.717, 1.165) is 39.0 Å². The molecule has 0 spiro atoms. The number of benzene rings is 6. The lowest BCUT2D eigenvalue weighted by Crippen LogP contribution is -2.59. The third-order valence-corrected chi connectivity index (χ3v) is 12.0. The second-order valence-electron chi connectivity index (χ2n) is 15.0. The Hall–Kier alpha value is -5.38. The summed E-state index contributed by atoms with van der Waals surface area (Å²) in [4.78, 5) is 1.22. The molecular weight excluding hydrogens is 753 g/mol. The molecule has 1 aliphatic heterocycles. The van der Waals surface area contributed by atoms with Crippen molar-refractivity contribution >= 4 is 21.4 Å². The molecule has 8 rings (SSSR count). The van der Waals surface area contributed by atoms with Crippen LogP contribution < -0.4 is 4.74 Å². The van der Waals surface area contributed by atoms with E-state index in [0.29, 0.717) is 37.6 Å². The fraction of sp³-hybridized carbons (Fsp3) is 0.231. The number of thiophene rings is 1. The van der Waals surface area contributed by atoms with Crippen LogP contribution >= 0.6 is 11.3 Å². The molecular formula is C52H50O6S. The minimum Gasteiger partial charge on any atom is -0.488 e. The second-order valence-corrected chi connectivity index (χ2v) is 16.2. The van der Waals surface area contributed by atoms with E-state index >= 15 is 0 Å². The molecule has 300 valence electrons. The Kier molecular flexibility index (Phi) is 13.1. The molecule has 7 aromatic rings. The Balaban J connectivity index is 1.24. The van der Waals surface area contributed by atoms with Gasteiger partial charge in [-0.3, -0.25) is 0 Å². The molecule has 6 nitrogen and oxygen atoms in total. The minimum atomic E-state index is -2.04. The van der Waals surface area contributed by atoms with E-state index in [4.69, 9.17) is 23.7 Å². The summed E-state index contributed by atoms with van der Waals surface area (Å²) in [6.07, 6.45) is 0.268. The summed E-state index contributed by atoms with van der Waals surface area (Å²) in [6, 6.07) is 54.9. The molecule has 2 heterocycles. The van der Waals surface area contributed by atoms with Gasteiger partial charge in [-0.05, 0) is 82.5 Å². The lowest BCUT2D eigenvalue weighted by molar-refractivity contribution is -0.335. The molecule has 0 saturated carbocycles. The molecule has 0 radical (unpaired) electrons. The topological polar surface area (TPSA) is 66.4 Å². The minimum absolute atomic E-state index is 0.175. The molecule has 0 amide bonds. The van der Waals surface area contributed by atoms with E-state index < -0.39 is 24.1 Å². The Bertz CT molecular complexity index is 2400. The molecule has 1 N–H and O–H groups in total. The van der Waals surface area contributed by atoms with Gasteiger partial charge in [0.15, 0.2) is 0 Å². The van der Waals surface area contributed by atoms with Crippen LogP contribution in [0.25, 0.3) is 10.1 Å². The van der Waals surface area contributed by atoms with Crippen molar-refractivity contribution < 1.29 is 28.8 Å². The predicted octanol–water partition coefficient (Wildman–Crippen LogP) is 11.3. The summed E-state index contributed by atoms with van der Waals surface area (Å²) in [5, 5.41) is 14.8. The van der Waals surface area contributed by atoms with E-state index in [-0.39, 0.29) is 13.2 Å². The van der Waals surface area contributed by atoms with Crippen LogP contribution in [0.3, 0.4) is 0 Å². The summed E-state index contributed by atoms with van der Waals surface area (Å²) < 4.78 is 35.2. The average molecular weight is 803 g/mol. The number of aliphatic hydroxyl groups is 1. The van der Waals surface area contributed by atoms with Gasteiger partial charge in [-0.25, -0.2) is 0 Å². The highest BCUT2D eigenvalue weighted by Gasteiger charge is 2.55. The lowest BCUT2D eigenvalue weighted by Gasteiger charge is -2.48. The number of aryl methyl sites for hydroxylation is 1. The fourth-order valence-electron chi connectivity index (χ4n) is 7.74. The Labute approximate surface area is 351 Å². The van der Waals surface area contributed by atoms with Crippen LogP contribution in [0.2, 0.25) is 0 Å². The highest BCUT2D eigenvalue weighted by atomic mass is 32.1. The first-order chi connectivity index (χ1) is 29.0. The van der Waals surface area contributed by atoms with Gasteiger partial charge in [0.2, 0.25) is 5.79 Å². The summed E-state index contributed by atoms with van der Waals surface area (Å²) in [7, 11) is 0. The summed E-state index contributed by atoms with van der Waals surface area (Å²) in [5.41, 5.74) is 7.42. The Morgan fingerprint density at radius 2 is 1.22 bits per heavy atom. The van der Waals surface area contributed by atoms with Gasteiger partial charge in [-0.15, -0.1) is 11.3 Å². The standard InChI is InChI=1S/C52H50O6S/c1-3-45-48(36-54-32-38-18-8-4-9-19-38)58-52(53,51(57-35-41-24-14-7-15-25-41)50(45)56-34-40-22-12-6-13-23-40)46-31-43(30-44-29-42-26-16-17-27-49(42)59-44)37(2)28-47(46)55-33-39-20-10-5-11-21-39/h3-29,31,48,50-51,53H,30,32-36H2,1-2H3/t48-,50+,51-,52?/m1/s1. The van der Waals surface area contributed by atoms with Crippen LogP contribution in [0.1, 0.15) is 50.7 Å². The van der Waals surface area contributed by atoms with Crippen molar-refractivity contribution in [2.75, 3.05) is 6.61 Å². The summed E-state index contributed by atoms with van der Waals surface area (Å²) >= 11 is 1.78. The number of rotatable bonds is 16. The van der Waals surface area contributed by atoms with Crippen LogP contribution in [-0.4, -0.2) is 30.0 Å². The third kappa shape index (κ3) is 9.75. The number of hydrogen-bond donors (Lipinski definition) is 1. The van der Waals surface area contributed by atoms with Crippen LogP contribution in [0.4, 0.5) is 0 Å². The molecule has 1 unspecified atom stereocenters. The van der Waals surface area contributed by atoms with E-state index in [2.05, 4.69) is 43.3 Å². The van der Waals surface area contributed by atoms with E-state index in [9.17, 15) is 5.11 Å². The second kappa shape index (κ2) is 19.1. The quantitative estimate of drug-likeness (QED) is 0.0982. The zero-order valence-electron chi connectivity index (χ0n) is 33.5. The van der Waals surface area contributed by atoms with Crippen molar-refractivity contribution in [1.82, 2.24) is 0 Å². The molecule has 4 atom stereocenters. The van der Waals surface area contributed by atoms with Crippen molar-refractivity contribution in [2.45, 2.75) is 70.8 Å². The molecule has 59 heavy (non-hydrogen) atoms. The first-order valence-corrected chi connectivity index (χ1v) is 21.1. The molecule has 1 aliphatic rings. The van der Waals surface area contributed by atoms with Crippen LogP contribution in [0.15, 0.2) is 175 Å². The number of allylic oxidation sites excluding steroid dienone is 1. The Morgan fingerprint density at radius 1 is 0.661 bits per heavy atom. The van der Waals surface area contributed by atoms with Crippen LogP contribution in [0.5, 0.6) is 5.75 Å². The predicted molar refractivity (Wildman–Crippen MR) is 235 cm³/mol. The number of fused-ring (bicyclic) bond motifs is 1. The molecule has 0 aliphatic carbocycles. The Morgan fingerprint density at radius 3 is 1.83 bits per heavy atom. The average Bonchev–Trinajstić information content (AvgIpc) is 3.69. The molecule has 1 aromatic heterocycles. The summed E-state index contributed by atoms with van der Waals surface area (Å²) in [6.45, 7) is 5.44. The first kappa shape index (κ1) is 40.4. The first-order valence-electron chi connectivity index (χ1n) is 20.2. The molecule has 1 saturated heterocycles.